The fraction of sp³-hybridized carbons (Fsp3) is 0.333. The highest BCUT2D eigenvalue weighted by atomic mass is 16.7. The number of fused-ring (bicyclic) bond motifs is 1. The van der Waals surface area contributed by atoms with E-state index < -0.39 is 12.0 Å². The maximum absolute atomic E-state index is 11.2. The molecule has 2 amide bonds. The maximum atomic E-state index is 11.2. The molecule has 0 radical (unpaired) electrons. The highest BCUT2D eigenvalue weighted by Crippen LogP contribution is 2.35. The molecule has 2 aliphatic heterocycles. The summed E-state index contributed by atoms with van der Waals surface area (Å²) in [6.45, 7) is 1.47. The minimum Gasteiger partial charge on any atom is -0.465 e. The van der Waals surface area contributed by atoms with Gasteiger partial charge in [0.05, 0.1) is 6.61 Å². The van der Waals surface area contributed by atoms with Gasteiger partial charge in [-0.15, -0.1) is 0 Å². The van der Waals surface area contributed by atoms with Gasteiger partial charge in [0.1, 0.15) is 5.75 Å². The van der Waals surface area contributed by atoms with Crippen LogP contribution in [0.15, 0.2) is 42.5 Å². The largest absolute Gasteiger partial charge is 0.465 e. The lowest BCUT2D eigenvalue weighted by molar-refractivity contribution is -0.148. The van der Waals surface area contributed by atoms with Gasteiger partial charge in [0.25, 0.3) is 0 Å². The predicted molar refractivity (Wildman–Crippen MR) is 102 cm³/mol. The Hall–Kier alpha value is -3.06. The summed E-state index contributed by atoms with van der Waals surface area (Å²) in [7, 11) is 0. The zero-order valence-corrected chi connectivity index (χ0v) is 15.3. The molecule has 3 N–H and O–H groups in total. The first kappa shape index (κ1) is 18.3. The smallest absolute Gasteiger partial charge is 0.407 e. The van der Waals surface area contributed by atoms with Crippen molar-refractivity contribution in [1.82, 2.24) is 4.90 Å². The predicted octanol–water partition coefficient (Wildman–Crippen LogP) is 3.08. The number of likely N-dealkylation sites (tertiary alicyclic amines) is 1. The summed E-state index contributed by atoms with van der Waals surface area (Å²) in [4.78, 5) is 23.7. The molecule has 0 saturated carbocycles. The molecule has 1 fully saturated rings. The molecule has 28 heavy (non-hydrogen) atoms. The molecule has 4 rings (SSSR count). The van der Waals surface area contributed by atoms with Gasteiger partial charge in [-0.25, -0.2) is 4.79 Å². The Morgan fingerprint density at radius 3 is 2.36 bits per heavy atom. The van der Waals surface area contributed by atoms with Crippen molar-refractivity contribution in [3.8, 4) is 16.9 Å². The van der Waals surface area contributed by atoms with Crippen molar-refractivity contribution in [2.75, 3.05) is 13.1 Å². The van der Waals surface area contributed by atoms with Gasteiger partial charge in [-0.05, 0) is 48.2 Å². The lowest BCUT2D eigenvalue weighted by Crippen LogP contribution is -2.43. The van der Waals surface area contributed by atoms with Crippen LogP contribution in [-0.4, -0.2) is 41.4 Å². The van der Waals surface area contributed by atoms with Crippen LogP contribution < -0.4 is 10.5 Å². The Kier molecular flexibility index (Phi) is 4.92. The van der Waals surface area contributed by atoms with Crippen LogP contribution in [0.25, 0.3) is 11.1 Å². The Bertz CT molecular complexity index is 888. The van der Waals surface area contributed by atoms with Crippen LogP contribution in [0.3, 0.4) is 0 Å². The number of piperidine rings is 1. The molecule has 2 aromatic carbocycles. The SMILES string of the molecule is NC(=O)c1ccc(-c2ccc3c(c2)COC(C2CCN(C(=O)O)CC2)O3)cc1. The molecular formula is C21H22N2O5. The van der Waals surface area contributed by atoms with Crippen LogP contribution in [0.4, 0.5) is 4.79 Å². The van der Waals surface area contributed by atoms with E-state index in [0.717, 1.165) is 35.3 Å². The summed E-state index contributed by atoms with van der Waals surface area (Å²) in [5.41, 5.74) is 8.72. The first-order valence-corrected chi connectivity index (χ1v) is 9.30. The van der Waals surface area contributed by atoms with E-state index in [4.69, 9.17) is 20.3 Å². The van der Waals surface area contributed by atoms with Gasteiger partial charge in [-0.1, -0.05) is 18.2 Å². The van der Waals surface area contributed by atoms with Gasteiger partial charge in [-0.2, -0.15) is 0 Å². The number of nitrogens with zero attached hydrogens (tertiary/aromatic N) is 1. The Labute approximate surface area is 162 Å². The van der Waals surface area contributed by atoms with Gasteiger partial charge >= 0.3 is 6.09 Å². The second-order valence-corrected chi connectivity index (χ2v) is 7.17. The lowest BCUT2D eigenvalue weighted by Gasteiger charge is -2.36. The number of amides is 2. The molecule has 0 spiro atoms. The van der Waals surface area contributed by atoms with Crippen LogP contribution in [0, 0.1) is 5.92 Å². The molecule has 7 heteroatoms. The highest BCUT2D eigenvalue weighted by Gasteiger charge is 2.33. The van der Waals surface area contributed by atoms with Crippen molar-refractivity contribution in [3.63, 3.8) is 0 Å². The molecule has 1 atom stereocenters. The van der Waals surface area contributed by atoms with Crippen LogP contribution in [-0.2, 0) is 11.3 Å². The zero-order valence-electron chi connectivity index (χ0n) is 15.3. The topological polar surface area (TPSA) is 102 Å². The molecule has 7 nitrogen and oxygen atoms in total. The van der Waals surface area contributed by atoms with E-state index in [1.54, 1.807) is 12.1 Å². The fourth-order valence-corrected chi connectivity index (χ4v) is 3.74. The van der Waals surface area contributed by atoms with E-state index in [-0.39, 0.29) is 12.2 Å². The standard InChI is InChI=1S/C21H22N2O5/c22-19(24)14-3-1-13(2-4-14)16-5-6-18-17(11-16)12-27-20(28-18)15-7-9-23(10-8-15)21(25)26/h1-6,11,15,20H,7-10,12H2,(H2,22,24)(H,25,26). The van der Waals surface area contributed by atoms with E-state index in [9.17, 15) is 9.59 Å². The van der Waals surface area contributed by atoms with E-state index in [1.807, 2.05) is 30.3 Å². The maximum Gasteiger partial charge on any atom is 0.407 e. The summed E-state index contributed by atoms with van der Waals surface area (Å²) >= 11 is 0. The number of benzene rings is 2. The zero-order chi connectivity index (χ0) is 19.7. The van der Waals surface area contributed by atoms with Crippen molar-refractivity contribution in [2.24, 2.45) is 11.7 Å². The molecule has 0 bridgehead atoms. The summed E-state index contributed by atoms with van der Waals surface area (Å²) in [6.07, 6.45) is 0.252. The molecule has 2 aliphatic rings. The summed E-state index contributed by atoms with van der Waals surface area (Å²) in [5, 5.41) is 9.07. The van der Waals surface area contributed by atoms with Gasteiger partial charge in [0, 0.05) is 30.1 Å². The average molecular weight is 382 g/mol. The Morgan fingerprint density at radius 2 is 1.71 bits per heavy atom. The number of hydrogen-bond donors (Lipinski definition) is 2. The molecule has 0 aromatic heterocycles. The Morgan fingerprint density at radius 1 is 1.04 bits per heavy atom. The number of rotatable bonds is 3. The quantitative estimate of drug-likeness (QED) is 0.849. The summed E-state index contributed by atoms with van der Waals surface area (Å²) in [6, 6.07) is 13.1. The summed E-state index contributed by atoms with van der Waals surface area (Å²) in [5.74, 6) is 0.540. The third-order valence-electron chi connectivity index (χ3n) is 5.40. The number of carboxylic acid groups (broad SMARTS) is 1. The molecule has 146 valence electrons. The number of hydrogen-bond acceptors (Lipinski definition) is 4. The molecule has 2 aromatic rings. The van der Waals surface area contributed by atoms with Gasteiger partial charge in [0.2, 0.25) is 12.2 Å². The first-order chi connectivity index (χ1) is 13.5. The first-order valence-electron chi connectivity index (χ1n) is 9.30. The third kappa shape index (κ3) is 3.66. The van der Waals surface area contributed by atoms with E-state index in [0.29, 0.717) is 25.3 Å². The van der Waals surface area contributed by atoms with Crippen LogP contribution >= 0.6 is 0 Å². The van der Waals surface area contributed by atoms with Crippen molar-refractivity contribution < 1.29 is 24.2 Å². The minimum atomic E-state index is -0.870. The molecule has 1 unspecified atom stereocenters. The second kappa shape index (κ2) is 7.52. The number of ether oxygens (including phenoxy) is 2. The number of nitrogens with two attached hydrogens (primary N) is 1. The molecule has 0 aliphatic carbocycles. The minimum absolute atomic E-state index is 0.185. The van der Waals surface area contributed by atoms with E-state index >= 15 is 0 Å². The van der Waals surface area contributed by atoms with Crippen molar-refractivity contribution in [1.29, 1.82) is 0 Å². The number of carbonyl (C=O) groups excluding carboxylic acids is 1. The second-order valence-electron chi connectivity index (χ2n) is 7.17. The van der Waals surface area contributed by atoms with Crippen LogP contribution in [0.2, 0.25) is 0 Å². The van der Waals surface area contributed by atoms with Gasteiger partial charge < -0.3 is 25.2 Å². The lowest BCUT2D eigenvalue weighted by atomic mass is 9.95. The van der Waals surface area contributed by atoms with E-state index in [2.05, 4.69) is 0 Å². The Balaban J connectivity index is 1.44. The van der Waals surface area contributed by atoms with E-state index in [1.165, 1.54) is 4.90 Å². The molecule has 2 heterocycles. The van der Waals surface area contributed by atoms with Crippen LogP contribution in [0.1, 0.15) is 28.8 Å². The van der Waals surface area contributed by atoms with Crippen LogP contribution in [0.5, 0.6) is 5.75 Å². The van der Waals surface area contributed by atoms with Gasteiger partial charge in [0.15, 0.2) is 0 Å². The van der Waals surface area contributed by atoms with Crippen molar-refractivity contribution >= 4 is 12.0 Å². The normalized spacial score (nSPS) is 19.6. The monoisotopic (exact) mass is 382 g/mol. The van der Waals surface area contributed by atoms with Crippen molar-refractivity contribution in [2.45, 2.75) is 25.7 Å². The molecule has 1 saturated heterocycles. The van der Waals surface area contributed by atoms with Gasteiger partial charge in [-0.3, -0.25) is 4.79 Å². The van der Waals surface area contributed by atoms with Crippen molar-refractivity contribution in [3.05, 3.63) is 53.6 Å². The third-order valence-corrected chi connectivity index (χ3v) is 5.40. The average Bonchev–Trinajstić information content (AvgIpc) is 2.73. The number of carbonyl (C=O) groups is 2. The highest BCUT2D eigenvalue weighted by molar-refractivity contribution is 5.93. The number of primary amides is 1. The summed E-state index contributed by atoms with van der Waals surface area (Å²) < 4.78 is 12.0. The fourth-order valence-electron chi connectivity index (χ4n) is 3.74. The molecular weight excluding hydrogens is 360 g/mol.